The molecular weight excluding hydrogens is 443 g/mol. The van der Waals surface area contributed by atoms with Gasteiger partial charge in [-0.2, -0.15) is 18.4 Å². The Morgan fingerprint density at radius 1 is 1.26 bits per heavy atom. The van der Waals surface area contributed by atoms with E-state index in [1.807, 2.05) is 6.07 Å². The van der Waals surface area contributed by atoms with Crippen molar-refractivity contribution < 1.29 is 26.7 Å². The van der Waals surface area contributed by atoms with E-state index >= 15 is 0 Å². The summed E-state index contributed by atoms with van der Waals surface area (Å²) in [6.07, 6.45) is -4.62. The molecule has 164 valence electrons. The normalized spacial score (nSPS) is 18.7. The Bertz CT molecular complexity index is 1070. The van der Waals surface area contributed by atoms with E-state index in [-0.39, 0.29) is 30.2 Å². The maximum Gasteiger partial charge on any atom is 0.416 e. The summed E-state index contributed by atoms with van der Waals surface area (Å²) in [7, 11) is 1.23. The van der Waals surface area contributed by atoms with E-state index in [0.29, 0.717) is 6.07 Å². The number of nitriles is 1. The number of aromatic nitrogens is 1. The molecule has 0 bridgehead atoms. The van der Waals surface area contributed by atoms with Crippen LogP contribution in [0.2, 0.25) is 5.02 Å². The lowest BCUT2D eigenvalue weighted by Gasteiger charge is -2.29. The first-order valence-electron chi connectivity index (χ1n) is 9.06. The van der Waals surface area contributed by atoms with Gasteiger partial charge in [-0.1, -0.05) is 11.6 Å². The van der Waals surface area contributed by atoms with Crippen molar-refractivity contribution in [1.82, 2.24) is 4.98 Å². The van der Waals surface area contributed by atoms with Gasteiger partial charge in [0.05, 0.1) is 28.3 Å². The first-order chi connectivity index (χ1) is 14.4. The molecule has 0 spiro atoms. The molecule has 1 aliphatic heterocycles. The second-order valence-corrected chi connectivity index (χ2v) is 7.61. The highest BCUT2D eigenvalue weighted by atomic mass is 35.5. The number of rotatable bonds is 3. The molecule has 3 rings (SSSR count). The highest BCUT2D eigenvalue weighted by Gasteiger charge is 2.41. The monoisotopic (exact) mass is 458 g/mol. The van der Waals surface area contributed by atoms with Gasteiger partial charge in [0.2, 0.25) is 5.91 Å². The number of halogens is 6. The van der Waals surface area contributed by atoms with Crippen LogP contribution in [0.15, 0.2) is 24.3 Å². The molecule has 1 aromatic carbocycles. The van der Waals surface area contributed by atoms with Crippen LogP contribution >= 0.6 is 11.6 Å². The number of benzene rings is 1. The third kappa shape index (κ3) is 4.56. The van der Waals surface area contributed by atoms with Crippen molar-refractivity contribution in [2.45, 2.75) is 25.6 Å². The average molecular weight is 459 g/mol. The lowest BCUT2D eigenvalue weighted by atomic mass is 10.1. The van der Waals surface area contributed by atoms with E-state index in [1.165, 1.54) is 18.9 Å². The second kappa shape index (κ2) is 8.30. The molecule has 11 heteroatoms. The molecule has 1 saturated heterocycles. The predicted octanol–water partition coefficient (Wildman–Crippen LogP) is 4.72. The Labute approximate surface area is 179 Å². The number of hydrogen-bond donors (Lipinski definition) is 0. The van der Waals surface area contributed by atoms with Crippen molar-refractivity contribution in [2.24, 2.45) is 5.92 Å². The quantitative estimate of drug-likeness (QED) is 0.493. The summed E-state index contributed by atoms with van der Waals surface area (Å²) < 4.78 is 67.4. The number of carbonyl (C=O) groups is 1. The second-order valence-electron chi connectivity index (χ2n) is 7.20. The molecule has 0 saturated carbocycles. The van der Waals surface area contributed by atoms with Crippen LogP contribution in [-0.4, -0.2) is 30.5 Å². The van der Waals surface area contributed by atoms with Gasteiger partial charge in [0.15, 0.2) is 0 Å². The first-order valence-corrected chi connectivity index (χ1v) is 9.44. The van der Waals surface area contributed by atoms with Gasteiger partial charge >= 0.3 is 6.18 Å². The van der Waals surface area contributed by atoms with Gasteiger partial charge in [-0.3, -0.25) is 4.79 Å². The predicted molar refractivity (Wildman–Crippen MR) is 104 cm³/mol. The van der Waals surface area contributed by atoms with Crippen LogP contribution in [0.4, 0.5) is 33.5 Å². The highest BCUT2D eigenvalue weighted by Crippen LogP contribution is 2.36. The molecule has 1 amide bonds. The van der Waals surface area contributed by atoms with Gasteiger partial charge in [-0.25, -0.2) is 13.8 Å². The van der Waals surface area contributed by atoms with Crippen LogP contribution in [0.5, 0.6) is 0 Å². The SMILES string of the molecule is Cc1cc(C(F)(F)F)cc(N2C[C@@H](C#N)C[C@H]2C(=O)N(C)c2cc(Cl)c(F)cc2F)n1. The molecular formula is C20H16ClF5N4O. The van der Waals surface area contributed by atoms with E-state index in [2.05, 4.69) is 4.98 Å². The van der Waals surface area contributed by atoms with Gasteiger partial charge in [0, 0.05) is 25.4 Å². The zero-order chi connectivity index (χ0) is 23.1. The largest absolute Gasteiger partial charge is 0.416 e. The van der Waals surface area contributed by atoms with Gasteiger partial charge in [0.1, 0.15) is 23.5 Å². The highest BCUT2D eigenvalue weighted by molar-refractivity contribution is 6.31. The fourth-order valence-corrected chi connectivity index (χ4v) is 3.65. The maximum atomic E-state index is 14.2. The van der Waals surface area contributed by atoms with Gasteiger partial charge in [-0.05, 0) is 31.5 Å². The van der Waals surface area contributed by atoms with Crippen molar-refractivity contribution in [3.05, 3.63) is 52.2 Å². The number of nitrogens with zero attached hydrogens (tertiary/aromatic N) is 4. The summed E-state index contributed by atoms with van der Waals surface area (Å²) in [6, 6.07) is 4.09. The number of anilines is 2. The lowest BCUT2D eigenvalue weighted by Crippen LogP contribution is -2.45. The summed E-state index contributed by atoms with van der Waals surface area (Å²) in [4.78, 5) is 19.4. The summed E-state index contributed by atoms with van der Waals surface area (Å²) in [6.45, 7) is 1.36. The van der Waals surface area contributed by atoms with Crippen molar-refractivity contribution in [2.75, 3.05) is 23.4 Å². The molecule has 1 aromatic heterocycles. The fourth-order valence-electron chi connectivity index (χ4n) is 3.49. The number of amides is 1. The molecule has 2 atom stereocenters. The van der Waals surface area contributed by atoms with Crippen LogP contribution in [0.1, 0.15) is 17.7 Å². The molecule has 5 nitrogen and oxygen atoms in total. The standard InChI is InChI=1S/C20H16ClF5N4O/c1-10-3-12(20(24,25)26)5-18(28-10)30-9-11(8-27)4-17(30)19(31)29(2)16-6-13(21)14(22)7-15(16)23/h3,5-7,11,17H,4,9H2,1-2H3/t11-,17+/m1/s1. The third-order valence-electron chi connectivity index (χ3n) is 5.01. The number of carbonyl (C=O) groups excluding carboxylic acids is 1. The summed E-state index contributed by atoms with van der Waals surface area (Å²) in [5.74, 6) is -3.50. The Balaban J connectivity index is 2.00. The van der Waals surface area contributed by atoms with Gasteiger partial charge in [0.25, 0.3) is 0 Å². The zero-order valence-corrected chi connectivity index (χ0v) is 17.1. The van der Waals surface area contributed by atoms with E-state index in [1.54, 1.807) is 0 Å². The molecule has 1 aliphatic rings. The number of hydrogen-bond acceptors (Lipinski definition) is 4. The minimum absolute atomic E-state index is 0.00714. The molecule has 31 heavy (non-hydrogen) atoms. The topological polar surface area (TPSA) is 60.2 Å². The van der Waals surface area contributed by atoms with Crippen LogP contribution in [0.3, 0.4) is 0 Å². The molecule has 0 aliphatic carbocycles. The average Bonchev–Trinajstić information content (AvgIpc) is 3.13. The number of alkyl halides is 3. The van der Waals surface area contributed by atoms with Crippen molar-refractivity contribution in [3.8, 4) is 6.07 Å². The van der Waals surface area contributed by atoms with Crippen LogP contribution in [0, 0.1) is 35.8 Å². The van der Waals surface area contributed by atoms with E-state index in [9.17, 15) is 32.0 Å². The molecule has 1 fully saturated rings. The lowest BCUT2D eigenvalue weighted by molar-refractivity contribution is -0.137. The number of aryl methyl sites for hydroxylation is 1. The minimum Gasteiger partial charge on any atom is -0.343 e. The van der Waals surface area contributed by atoms with E-state index in [4.69, 9.17) is 11.6 Å². The molecule has 2 aromatic rings. The van der Waals surface area contributed by atoms with E-state index in [0.717, 1.165) is 23.1 Å². The zero-order valence-electron chi connectivity index (χ0n) is 16.3. The molecule has 0 N–H and O–H groups in total. The number of pyridine rings is 1. The Morgan fingerprint density at radius 2 is 1.94 bits per heavy atom. The van der Waals surface area contributed by atoms with Crippen LogP contribution in [-0.2, 0) is 11.0 Å². The first kappa shape index (κ1) is 22.7. The molecule has 2 heterocycles. The minimum atomic E-state index is -4.62. The van der Waals surface area contributed by atoms with Crippen molar-refractivity contribution >= 4 is 29.0 Å². The fraction of sp³-hybridized carbons (Fsp3) is 0.350. The van der Waals surface area contributed by atoms with Crippen molar-refractivity contribution in [1.29, 1.82) is 5.26 Å². The summed E-state index contributed by atoms with van der Waals surface area (Å²) in [5.41, 5.74) is -1.16. The van der Waals surface area contributed by atoms with Crippen LogP contribution < -0.4 is 9.80 Å². The Hall–Kier alpha value is -2.93. The maximum absolute atomic E-state index is 14.2. The smallest absolute Gasteiger partial charge is 0.343 e. The number of likely N-dealkylation sites (N-methyl/N-ethyl adjacent to an activating group) is 1. The Morgan fingerprint density at radius 3 is 2.55 bits per heavy atom. The summed E-state index contributed by atoms with van der Waals surface area (Å²) in [5, 5.41) is 8.92. The third-order valence-corrected chi connectivity index (χ3v) is 5.30. The molecule has 0 unspecified atom stereocenters. The van der Waals surface area contributed by atoms with Gasteiger partial charge in [-0.15, -0.1) is 0 Å². The van der Waals surface area contributed by atoms with Gasteiger partial charge < -0.3 is 9.80 Å². The van der Waals surface area contributed by atoms with Crippen LogP contribution in [0.25, 0.3) is 0 Å². The summed E-state index contributed by atoms with van der Waals surface area (Å²) >= 11 is 5.69. The molecule has 0 radical (unpaired) electrons. The Kier molecular flexibility index (Phi) is 6.09. The van der Waals surface area contributed by atoms with Crippen molar-refractivity contribution in [3.63, 3.8) is 0 Å². The van der Waals surface area contributed by atoms with E-state index < -0.39 is 46.3 Å².